The number of rotatable bonds is 7. The second-order valence-electron chi connectivity index (χ2n) is 7.75. The van der Waals surface area contributed by atoms with Crippen LogP contribution < -0.4 is 10.1 Å². The molecule has 1 N–H and O–H groups in total. The van der Waals surface area contributed by atoms with Gasteiger partial charge in [-0.05, 0) is 56.2 Å². The van der Waals surface area contributed by atoms with Gasteiger partial charge in [-0.2, -0.15) is 9.29 Å². The van der Waals surface area contributed by atoms with Crippen LogP contribution in [0.15, 0.2) is 57.9 Å². The van der Waals surface area contributed by atoms with Gasteiger partial charge in [-0.25, -0.2) is 8.42 Å². The van der Waals surface area contributed by atoms with E-state index >= 15 is 0 Å². The van der Waals surface area contributed by atoms with Crippen molar-refractivity contribution in [3.8, 4) is 17.1 Å². The summed E-state index contributed by atoms with van der Waals surface area (Å²) in [4.78, 5) is 17.4. The maximum absolute atomic E-state index is 13.0. The van der Waals surface area contributed by atoms with Crippen LogP contribution in [0.25, 0.3) is 11.4 Å². The highest BCUT2D eigenvalue weighted by molar-refractivity contribution is 7.89. The van der Waals surface area contributed by atoms with Gasteiger partial charge in [-0.3, -0.25) is 4.79 Å². The molecule has 1 aliphatic rings. The van der Waals surface area contributed by atoms with Crippen LogP contribution in [0.1, 0.15) is 25.7 Å². The van der Waals surface area contributed by atoms with E-state index in [0.717, 1.165) is 0 Å². The number of hydrogen-bond donors (Lipinski definition) is 1. The van der Waals surface area contributed by atoms with Crippen molar-refractivity contribution in [2.75, 3.05) is 25.0 Å². The predicted octanol–water partition coefficient (Wildman–Crippen LogP) is 3.48. The molecular weight excluding hydrogens is 444 g/mol. The van der Waals surface area contributed by atoms with E-state index in [0.29, 0.717) is 48.2 Å². The highest BCUT2D eigenvalue weighted by Crippen LogP contribution is 2.29. The molecule has 9 nitrogen and oxygen atoms in total. The minimum Gasteiger partial charge on any atom is -0.494 e. The van der Waals surface area contributed by atoms with E-state index in [9.17, 15) is 13.2 Å². The van der Waals surface area contributed by atoms with Crippen molar-refractivity contribution in [2.24, 2.45) is 5.92 Å². The van der Waals surface area contributed by atoms with Gasteiger partial charge in [0.1, 0.15) is 5.75 Å². The number of anilines is 1. The summed E-state index contributed by atoms with van der Waals surface area (Å²) >= 11 is 0. The first kappa shape index (κ1) is 22.9. The van der Waals surface area contributed by atoms with Crippen molar-refractivity contribution in [2.45, 2.75) is 31.6 Å². The van der Waals surface area contributed by atoms with Crippen molar-refractivity contribution in [3.05, 3.63) is 54.4 Å². The van der Waals surface area contributed by atoms with Crippen LogP contribution in [0.2, 0.25) is 0 Å². The zero-order valence-corrected chi connectivity index (χ0v) is 19.3. The van der Waals surface area contributed by atoms with E-state index in [1.807, 2.05) is 25.1 Å². The van der Waals surface area contributed by atoms with E-state index in [4.69, 9.17) is 9.26 Å². The lowest BCUT2D eigenvalue weighted by Gasteiger charge is -2.30. The Balaban J connectivity index is 1.40. The third kappa shape index (κ3) is 5.07. The van der Waals surface area contributed by atoms with Gasteiger partial charge in [0, 0.05) is 31.5 Å². The average molecular weight is 471 g/mol. The maximum atomic E-state index is 13.0. The second kappa shape index (κ2) is 9.72. The number of benzene rings is 2. The monoisotopic (exact) mass is 470 g/mol. The Kier molecular flexibility index (Phi) is 6.75. The Morgan fingerprint density at radius 3 is 2.48 bits per heavy atom. The van der Waals surface area contributed by atoms with Gasteiger partial charge in [0.2, 0.25) is 27.6 Å². The number of hydrogen-bond acceptors (Lipinski definition) is 7. The summed E-state index contributed by atoms with van der Waals surface area (Å²) in [5.41, 5.74) is 1.26. The molecule has 10 heteroatoms. The summed E-state index contributed by atoms with van der Waals surface area (Å²) in [6, 6.07) is 13.7. The molecule has 1 aromatic heterocycles. The molecule has 1 aliphatic heterocycles. The zero-order valence-electron chi connectivity index (χ0n) is 18.5. The number of ether oxygens (including phenoxy) is 1. The molecule has 4 rings (SSSR count). The number of piperidine rings is 1. The van der Waals surface area contributed by atoms with Gasteiger partial charge >= 0.3 is 0 Å². The largest absolute Gasteiger partial charge is 0.494 e. The summed E-state index contributed by atoms with van der Waals surface area (Å²) in [6.45, 7) is 4.64. The van der Waals surface area contributed by atoms with Crippen LogP contribution >= 0.6 is 0 Å². The molecular formula is C23H26N4O5S. The molecule has 2 aromatic carbocycles. The number of amides is 1. The van der Waals surface area contributed by atoms with E-state index in [1.165, 1.54) is 4.31 Å². The topological polar surface area (TPSA) is 115 Å². The summed E-state index contributed by atoms with van der Waals surface area (Å²) in [5.74, 6) is 1.02. The SMILES string of the molecule is CCOc1ccc(S(=O)(=O)N2CCC(C(=O)Nc3ccccc3-c3noc(C)n3)CC2)cc1. The number of nitrogens with one attached hydrogen (secondary N) is 1. The third-order valence-electron chi connectivity index (χ3n) is 5.55. The number of carbonyl (C=O) groups excluding carboxylic acids is 1. The van der Waals surface area contributed by atoms with E-state index in [1.54, 1.807) is 37.3 Å². The molecule has 0 bridgehead atoms. The minimum atomic E-state index is -3.62. The molecule has 0 radical (unpaired) electrons. The number of carbonyl (C=O) groups is 1. The van der Waals surface area contributed by atoms with Gasteiger partial charge in [-0.1, -0.05) is 17.3 Å². The first-order chi connectivity index (χ1) is 15.9. The Hall–Kier alpha value is -3.24. The number of nitrogens with zero attached hydrogens (tertiary/aromatic N) is 3. The highest BCUT2D eigenvalue weighted by atomic mass is 32.2. The van der Waals surface area contributed by atoms with Crippen molar-refractivity contribution < 1.29 is 22.5 Å². The lowest BCUT2D eigenvalue weighted by molar-refractivity contribution is -0.120. The molecule has 1 fully saturated rings. The fourth-order valence-electron chi connectivity index (χ4n) is 3.81. The van der Waals surface area contributed by atoms with Crippen LogP contribution in [-0.2, 0) is 14.8 Å². The smallest absolute Gasteiger partial charge is 0.243 e. The average Bonchev–Trinajstić information content (AvgIpc) is 3.26. The molecule has 1 saturated heterocycles. The lowest BCUT2D eigenvalue weighted by Crippen LogP contribution is -2.41. The molecule has 2 heterocycles. The second-order valence-corrected chi connectivity index (χ2v) is 9.69. The lowest BCUT2D eigenvalue weighted by atomic mass is 9.97. The van der Waals surface area contributed by atoms with Gasteiger partial charge in [0.15, 0.2) is 0 Å². The number of sulfonamides is 1. The molecule has 0 saturated carbocycles. The van der Waals surface area contributed by atoms with Gasteiger partial charge in [-0.15, -0.1) is 0 Å². The molecule has 3 aromatic rings. The Bertz CT molecular complexity index is 1220. The van der Waals surface area contributed by atoms with Crippen LogP contribution in [0.4, 0.5) is 5.69 Å². The molecule has 0 atom stereocenters. The van der Waals surface area contributed by atoms with Gasteiger partial charge in [0.05, 0.1) is 17.2 Å². The van der Waals surface area contributed by atoms with Crippen molar-refractivity contribution >= 4 is 21.6 Å². The number of aryl methyl sites for hydroxylation is 1. The van der Waals surface area contributed by atoms with E-state index < -0.39 is 10.0 Å². The summed E-state index contributed by atoms with van der Waals surface area (Å²) in [7, 11) is -3.62. The van der Waals surface area contributed by atoms with Crippen molar-refractivity contribution in [1.82, 2.24) is 14.4 Å². The summed E-state index contributed by atoms with van der Waals surface area (Å²) < 4.78 is 37.8. The summed E-state index contributed by atoms with van der Waals surface area (Å²) in [6.07, 6.45) is 0.872. The molecule has 33 heavy (non-hydrogen) atoms. The maximum Gasteiger partial charge on any atom is 0.243 e. The van der Waals surface area contributed by atoms with Crippen LogP contribution in [-0.4, -0.2) is 48.5 Å². The molecule has 0 spiro atoms. The standard InChI is InChI=1S/C23H26N4O5S/c1-3-31-18-8-10-19(11-9-18)33(29,30)27-14-12-17(13-15-27)23(28)25-21-7-5-4-6-20(21)22-24-16(2)32-26-22/h4-11,17H,3,12-15H2,1-2H3,(H,25,28). The predicted molar refractivity (Wildman–Crippen MR) is 122 cm³/mol. The fourth-order valence-corrected chi connectivity index (χ4v) is 5.28. The minimum absolute atomic E-state index is 0.152. The quantitative estimate of drug-likeness (QED) is 0.562. The van der Waals surface area contributed by atoms with E-state index in [-0.39, 0.29) is 29.8 Å². The molecule has 1 amide bonds. The Morgan fingerprint density at radius 2 is 1.85 bits per heavy atom. The normalized spacial score (nSPS) is 15.3. The van der Waals surface area contributed by atoms with Crippen LogP contribution in [0.5, 0.6) is 5.75 Å². The highest BCUT2D eigenvalue weighted by Gasteiger charge is 2.32. The Labute approximate surface area is 192 Å². The molecule has 174 valence electrons. The Morgan fingerprint density at radius 1 is 1.15 bits per heavy atom. The fraction of sp³-hybridized carbons (Fsp3) is 0.348. The molecule has 0 aliphatic carbocycles. The third-order valence-corrected chi connectivity index (χ3v) is 7.46. The summed E-state index contributed by atoms with van der Waals surface area (Å²) in [5, 5.41) is 6.88. The molecule has 0 unspecified atom stereocenters. The van der Waals surface area contributed by atoms with Crippen molar-refractivity contribution in [1.29, 1.82) is 0 Å². The first-order valence-corrected chi connectivity index (χ1v) is 12.3. The van der Waals surface area contributed by atoms with Crippen LogP contribution in [0, 0.1) is 12.8 Å². The number of para-hydroxylation sites is 1. The number of aromatic nitrogens is 2. The zero-order chi connectivity index (χ0) is 23.4. The van der Waals surface area contributed by atoms with Crippen LogP contribution in [0.3, 0.4) is 0 Å². The van der Waals surface area contributed by atoms with E-state index in [2.05, 4.69) is 15.5 Å². The first-order valence-electron chi connectivity index (χ1n) is 10.8. The van der Waals surface area contributed by atoms with Gasteiger partial charge in [0.25, 0.3) is 0 Å². The van der Waals surface area contributed by atoms with Crippen molar-refractivity contribution in [3.63, 3.8) is 0 Å². The van der Waals surface area contributed by atoms with Gasteiger partial charge < -0.3 is 14.6 Å².